The number of hydrogen-bond donors (Lipinski definition) is 1. The minimum Gasteiger partial charge on any atom is -0.391 e. The van der Waals surface area contributed by atoms with Crippen LogP contribution in [0, 0.1) is 0 Å². The third-order valence-corrected chi connectivity index (χ3v) is 3.94. The van der Waals surface area contributed by atoms with Gasteiger partial charge in [-0.2, -0.15) is 0 Å². The van der Waals surface area contributed by atoms with E-state index < -0.39 is 0 Å². The van der Waals surface area contributed by atoms with Gasteiger partial charge in [0.05, 0.1) is 18.8 Å². The summed E-state index contributed by atoms with van der Waals surface area (Å²) >= 11 is 0. The lowest BCUT2D eigenvalue weighted by atomic mass is 9.92. The van der Waals surface area contributed by atoms with E-state index in [2.05, 4.69) is 11.8 Å². The Morgan fingerprint density at radius 1 is 1.12 bits per heavy atom. The number of morpholine rings is 1. The van der Waals surface area contributed by atoms with Gasteiger partial charge < -0.3 is 9.84 Å². The van der Waals surface area contributed by atoms with E-state index in [1.54, 1.807) is 0 Å². The molecular weight excluding hydrogens is 202 g/mol. The second kappa shape index (κ2) is 5.99. The zero-order chi connectivity index (χ0) is 11.4. The Hall–Kier alpha value is -0.120. The van der Waals surface area contributed by atoms with Crippen LogP contribution in [0.25, 0.3) is 0 Å². The van der Waals surface area contributed by atoms with E-state index >= 15 is 0 Å². The van der Waals surface area contributed by atoms with Gasteiger partial charge in [0.1, 0.15) is 0 Å². The Morgan fingerprint density at radius 2 is 1.88 bits per heavy atom. The molecule has 1 aliphatic carbocycles. The summed E-state index contributed by atoms with van der Waals surface area (Å²) in [5.74, 6) is 0. The Morgan fingerprint density at radius 3 is 2.62 bits per heavy atom. The van der Waals surface area contributed by atoms with Gasteiger partial charge >= 0.3 is 0 Å². The first-order chi connectivity index (χ1) is 7.77. The number of aliphatic hydroxyl groups is 1. The molecule has 0 bridgehead atoms. The van der Waals surface area contributed by atoms with Crippen LogP contribution in [-0.2, 0) is 4.74 Å². The molecule has 1 N–H and O–H groups in total. The van der Waals surface area contributed by atoms with Gasteiger partial charge in [-0.25, -0.2) is 0 Å². The fraction of sp³-hybridized carbons (Fsp3) is 1.00. The van der Waals surface area contributed by atoms with E-state index in [-0.39, 0.29) is 6.10 Å². The lowest BCUT2D eigenvalue weighted by molar-refractivity contribution is -0.0626. The van der Waals surface area contributed by atoms with Gasteiger partial charge in [0.25, 0.3) is 0 Å². The number of nitrogens with zero attached hydrogens (tertiary/aromatic N) is 1. The molecule has 3 nitrogen and oxygen atoms in total. The highest BCUT2D eigenvalue weighted by Crippen LogP contribution is 2.23. The van der Waals surface area contributed by atoms with E-state index in [0.29, 0.717) is 12.1 Å². The standard InChI is InChI=1S/C13H25NO2/c1-11-10-14(8-9-16-11)12-6-4-2-3-5-7-13(12)15/h11-13,15H,2-10H2,1H3. The molecule has 2 aliphatic rings. The fourth-order valence-electron chi connectivity index (χ4n) is 3.02. The third kappa shape index (κ3) is 3.19. The summed E-state index contributed by atoms with van der Waals surface area (Å²) in [5.41, 5.74) is 0. The van der Waals surface area contributed by atoms with E-state index in [1.165, 1.54) is 25.7 Å². The van der Waals surface area contributed by atoms with Gasteiger partial charge in [0.2, 0.25) is 0 Å². The van der Waals surface area contributed by atoms with Gasteiger partial charge in [-0.15, -0.1) is 0 Å². The van der Waals surface area contributed by atoms with E-state index in [0.717, 1.165) is 32.5 Å². The predicted molar refractivity (Wildman–Crippen MR) is 64.5 cm³/mol. The van der Waals surface area contributed by atoms with E-state index in [4.69, 9.17) is 4.74 Å². The molecule has 94 valence electrons. The molecule has 3 unspecified atom stereocenters. The Bertz CT molecular complexity index is 210. The lowest BCUT2D eigenvalue weighted by Crippen LogP contribution is -2.51. The van der Waals surface area contributed by atoms with Crippen LogP contribution in [0.2, 0.25) is 0 Å². The molecule has 0 spiro atoms. The van der Waals surface area contributed by atoms with Crippen molar-refractivity contribution in [1.82, 2.24) is 4.90 Å². The molecule has 0 radical (unpaired) electrons. The summed E-state index contributed by atoms with van der Waals surface area (Å²) < 4.78 is 5.57. The Kier molecular flexibility index (Phi) is 4.62. The summed E-state index contributed by atoms with van der Waals surface area (Å²) in [5, 5.41) is 10.2. The van der Waals surface area contributed by atoms with Crippen LogP contribution in [0.1, 0.15) is 45.4 Å². The molecule has 1 aliphatic heterocycles. The predicted octanol–water partition coefficient (Wildman–Crippen LogP) is 1.79. The van der Waals surface area contributed by atoms with E-state index in [9.17, 15) is 5.11 Å². The summed E-state index contributed by atoms with van der Waals surface area (Å²) in [6.45, 7) is 4.93. The number of aliphatic hydroxyl groups excluding tert-OH is 1. The van der Waals surface area contributed by atoms with Gasteiger partial charge in [0, 0.05) is 19.1 Å². The van der Waals surface area contributed by atoms with Gasteiger partial charge in [-0.1, -0.05) is 25.7 Å². The van der Waals surface area contributed by atoms with Gasteiger partial charge in [-0.05, 0) is 19.8 Å². The van der Waals surface area contributed by atoms with Crippen LogP contribution in [0.5, 0.6) is 0 Å². The maximum absolute atomic E-state index is 10.2. The third-order valence-electron chi connectivity index (χ3n) is 3.94. The molecule has 1 saturated heterocycles. The maximum atomic E-state index is 10.2. The average molecular weight is 227 g/mol. The van der Waals surface area contributed by atoms with Crippen molar-refractivity contribution in [3.05, 3.63) is 0 Å². The highest BCUT2D eigenvalue weighted by molar-refractivity contribution is 4.83. The first-order valence-corrected chi connectivity index (χ1v) is 6.81. The van der Waals surface area contributed by atoms with Crippen LogP contribution in [0.4, 0.5) is 0 Å². The van der Waals surface area contributed by atoms with Crippen LogP contribution in [-0.4, -0.2) is 48.0 Å². The lowest BCUT2D eigenvalue weighted by Gasteiger charge is -2.40. The molecule has 16 heavy (non-hydrogen) atoms. The zero-order valence-electron chi connectivity index (χ0n) is 10.4. The molecule has 2 rings (SSSR count). The SMILES string of the molecule is CC1CN(C2CCCCCCC2O)CCO1. The fourth-order valence-corrected chi connectivity index (χ4v) is 3.02. The first kappa shape index (κ1) is 12.3. The Labute approximate surface area is 98.8 Å². The van der Waals surface area contributed by atoms with Crippen LogP contribution < -0.4 is 0 Å². The van der Waals surface area contributed by atoms with Crippen molar-refractivity contribution in [1.29, 1.82) is 0 Å². The summed E-state index contributed by atoms with van der Waals surface area (Å²) in [4.78, 5) is 2.45. The normalized spacial score (nSPS) is 39.0. The van der Waals surface area contributed by atoms with E-state index in [1.807, 2.05) is 0 Å². The molecule has 0 aromatic carbocycles. The van der Waals surface area contributed by atoms with Crippen molar-refractivity contribution in [2.24, 2.45) is 0 Å². The molecular formula is C13H25NO2. The summed E-state index contributed by atoms with van der Waals surface area (Å²) in [6, 6.07) is 0.381. The second-order valence-electron chi connectivity index (χ2n) is 5.30. The van der Waals surface area contributed by atoms with Crippen LogP contribution >= 0.6 is 0 Å². The molecule has 0 aromatic rings. The second-order valence-corrected chi connectivity index (χ2v) is 5.30. The minimum absolute atomic E-state index is 0.120. The molecule has 1 heterocycles. The smallest absolute Gasteiger partial charge is 0.0695 e. The van der Waals surface area contributed by atoms with Gasteiger partial charge in [-0.3, -0.25) is 4.90 Å². The monoisotopic (exact) mass is 227 g/mol. The molecule has 0 aromatic heterocycles. The quantitative estimate of drug-likeness (QED) is 0.741. The van der Waals surface area contributed by atoms with Crippen molar-refractivity contribution in [2.45, 2.75) is 63.7 Å². The first-order valence-electron chi connectivity index (χ1n) is 6.81. The molecule has 2 fully saturated rings. The largest absolute Gasteiger partial charge is 0.391 e. The maximum Gasteiger partial charge on any atom is 0.0695 e. The van der Waals surface area contributed by atoms with Crippen molar-refractivity contribution in [2.75, 3.05) is 19.7 Å². The van der Waals surface area contributed by atoms with Gasteiger partial charge in [0.15, 0.2) is 0 Å². The van der Waals surface area contributed by atoms with Crippen molar-refractivity contribution in [3.8, 4) is 0 Å². The minimum atomic E-state index is -0.120. The summed E-state index contributed by atoms with van der Waals surface area (Å²) in [6.07, 6.45) is 7.44. The van der Waals surface area contributed by atoms with Crippen LogP contribution in [0.15, 0.2) is 0 Å². The average Bonchev–Trinajstić information content (AvgIpc) is 2.24. The topological polar surface area (TPSA) is 32.7 Å². The number of hydrogen-bond acceptors (Lipinski definition) is 3. The highest BCUT2D eigenvalue weighted by Gasteiger charge is 2.29. The number of ether oxygens (including phenoxy) is 1. The van der Waals surface area contributed by atoms with Crippen LogP contribution in [0.3, 0.4) is 0 Å². The molecule has 0 amide bonds. The van der Waals surface area contributed by atoms with Crippen molar-refractivity contribution < 1.29 is 9.84 Å². The van der Waals surface area contributed by atoms with Crippen molar-refractivity contribution >= 4 is 0 Å². The highest BCUT2D eigenvalue weighted by atomic mass is 16.5. The Balaban J connectivity index is 1.92. The summed E-state index contributed by atoms with van der Waals surface area (Å²) in [7, 11) is 0. The number of rotatable bonds is 1. The van der Waals surface area contributed by atoms with Crippen molar-refractivity contribution in [3.63, 3.8) is 0 Å². The zero-order valence-corrected chi connectivity index (χ0v) is 10.4. The molecule has 3 heteroatoms. The molecule has 3 atom stereocenters. The molecule has 1 saturated carbocycles.